The van der Waals surface area contributed by atoms with Crippen molar-refractivity contribution in [1.29, 1.82) is 0 Å². The smallest absolute Gasteiger partial charge is 0.260 e. The molecule has 0 saturated carbocycles. The lowest BCUT2D eigenvalue weighted by atomic mass is 10.3. The molecule has 3 aromatic rings. The first kappa shape index (κ1) is 15.1. The Labute approximate surface area is 138 Å². The fourth-order valence-corrected chi connectivity index (χ4v) is 3.48. The van der Waals surface area contributed by atoms with Crippen LogP contribution >= 0.6 is 34.7 Å². The van der Waals surface area contributed by atoms with Gasteiger partial charge in [-0.1, -0.05) is 29.4 Å². The van der Waals surface area contributed by atoms with Gasteiger partial charge in [-0.05, 0) is 29.6 Å². The van der Waals surface area contributed by atoms with Crippen molar-refractivity contribution in [3.05, 3.63) is 51.1 Å². The van der Waals surface area contributed by atoms with Crippen molar-refractivity contribution >= 4 is 56.5 Å². The van der Waals surface area contributed by atoms with Gasteiger partial charge in [0, 0.05) is 10.7 Å². The Balaban J connectivity index is 1.66. The summed E-state index contributed by atoms with van der Waals surface area (Å²) in [4.78, 5) is 31.4. The number of amides is 1. The molecular weight excluding hydrogens is 342 g/mol. The molecule has 112 valence electrons. The highest BCUT2D eigenvalue weighted by Gasteiger charge is 2.08. The van der Waals surface area contributed by atoms with Gasteiger partial charge in [-0.15, -0.1) is 11.3 Å². The van der Waals surface area contributed by atoms with Crippen molar-refractivity contribution in [2.24, 2.45) is 0 Å². The van der Waals surface area contributed by atoms with Crippen molar-refractivity contribution in [1.82, 2.24) is 9.97 Å². The van der Waals surface area contributed by atoms with Gasteiger partial charge >= 0.3 is 0 Å². The second-order valence-electron chi connectivity index (χ2n) is 4.36. The molecule has 0 fully saturated rings. The molecule has 0 aliphatic rings. The van der Waals surface area contributed by atoms with E-state index in [1.165, 1.54) is 23.1 Å². The van der Waals surface area contributed by atoms with Crippen molar-refractivity contribution in [3.63, 3.8) is 0 Å². The zero-order valence-electron chi connectivity index (χ0n) is 11.1. The molecule has 0 radical (unpaired) electrons. The zero-order chi connectivity index (χ0) is 15.5. The van der Waals surface area contributed by atoms with Crippen LogP contribution in [-0.2, 0) is 4.79 Å². The van der Waals surface area contributed by atoms with E-state index >= 15 is 0 Å². The lowest BCUT2D eigenvalue weighted by molar-refractivity contribution is -0.113. The number of thiophene rings is 1. The van der Waals surface area contributed by atoms with Gasteiger partial charge in [0.1, 0.15) is 4.83 Å². The molecule has 0 atom stereocenters. The number of fused-ring (bicyclic) bond motifs is 1. The quantitative estimate of drug-likeness (QED) is 0.558. The molecule has 0 spiro atoms. The fourth-order valence-electron chi connectivity index (χ4n) is 1.81. The molecule has 0 bridgehead atoms. The van der Waals surface area contributed by atoms with Gasteiger partial charge in [0.15, 0.2) is 5.16 Å². The van der Waals surface area contributed by atoms with E-state index in [2.05, 4.69) is 15.3 Å². The van der Waals surface area contributed by atoms with E-state index in [1.54, 1.807) is 30.3 Å². The van der Waals surface area contributed by atoms with Crippen molar-refractivity contribution in [2.75, 3.05) is 11.1 Å². The van der Waals surface area contributed by atoms with Gasteiger partial charge in [-0.3, -0.25) is 9.59 Å². The summed E-state index contributed by atoms with van der Waals surface area (Å²) in [6.45, 7) is 0. The summed E-state index contributed by atoms with van der Waals surface area (Å²) in [5, 5.41) is 6.11. The van der Waals surface area contributed by atoms with Crippen LogP contribution in [-0.4, -0.2) is 21.6 Å². The Morgan fingerprint density at radius 1 is 1.41 bits per heavy atom. The summed E-state index contributed by atoms with van der Waals surface area (Å²) in [6.07, 6.45) is 0. The van der Waals surface area contributed by atoms with Gasteiger partial charge < -0.3 is 10.3 Å². The summed E-state index contributed by atoms with van der Waals surface area (Å²) in [6, 6.07) is 8.64. The molecule has 1 aromatic carbocycles. The van der Waals surface area contributed by atoms with E-state index < -0.39 is 0 Å². The minimum Gasteiger partial charge on any atom is -0.325 e. The average Bonchev–Trinajstić information content (AvgIpc) is 2.94. The Morgan fingerprint density at radius 3 is 3.09 bits per heavy atom. The van der Waals surface area contributed by atoms with Crippen LogP contribution in [0.4, 0.5) is 5.69 Å². The van der Waals surface area contributed by atoms with E-state index in [4.69, 9.17) is 11.6 Å². The maximum absolute atomic E-state index is 11.9. The number of anilines is 1. The van der Waals surface area contributed by atoms with Crippen LogP contribution in [0.2, 0.25) is 5.02 Å². The fraction of sp³-hybridized carbons (Fsp3) is 0.0714. The number of carbonyl (C=O) groups excluding carboxylic acids is 1. The van der Waals surface area contributed by atoms with Crippen LogP contribution < -0.4 is 10.9 Å². The number of hydrogen-bond acceptors (Lipinski definition) is 5. The second kappa shape index (κ2) is 6.51. The SMILES string of the molecule is O=C(CSc1nc2sccc2c(=O)[nH]1)Nc1cccc(Cl)c1. The first-order chi connectivity index (χ1) is 10.6. The highest BCUT2D eigenvalue weighted by molar-refractivity contribution is 7.99. The Bertz CT molecular complexity index is 891. The van der Waals surface area contributed by atoms with E-state index in [-0.39, 0.29) is 17.2 Å². The molecule has 2 aromatic heterocycles. The minimum absolute atomic E-state index is 0.145. The number of thioether (sulfide) groups is 1. The van der Waals surface area contributed by atoms with Crippen LogP contribution in [0.3, 0.4) is 0 Å². The molecule has 2 heterocycles. The predicted octanol–water partition coefficient (Wildman–Crippen LogP) is 3.37. The van der Waals surface area contributed by atoms with Crippen LogP contribution in [0.1, 0.15) is 0 Å². The van der Waals surface area contributed by atoms with Crippen LogP contribution in [0.15, 0.2) is 45.7 Å². The van der Waals surface area contributed by atoms with E-state index in [0.717, 1.165) is 0 Å². The Morgan fingerprint density at radius 2 is 2.27 bits per heavy atom. The first-order valence-electron chi connectivity index (χ1n) is 6.27. The normalized spacial score (nSPS) is 10.8. The number of nitrogens with zero attached hydrogens (tertiary/aromatic N) is 1. The lowest BCUT2D eigenvalue weighted by Crippen LogP contribution is -2.15. The number of carbonyl (C=O) groups is 1. The molecule has 5 nitrogen and oxygen atoms in total. The Hall–Kier alpha value is -1.83. The molecule has 8 heteroatoms. The van der Waals surface area contributed by atoms with Crippen molar-refractivity contribution in [3.8, 4) is 0 Å². The number of nitrogens with one attached hydrogen (secondary N) is 2. The molecule has 0 saturated heterocycles. The number of aromatic amines is 1. The number of halogens is 1. The third kappa shape index (κ3) is 3.49. The summed E-state index contributed by atoms with van der Waals surface area (Å²) < 4.78 is 0. The second-order valence-corrected chi connectivity index (χ2v) is 6.65. The van der Waals surface area contributed by atoms with Crippen LogP contribution in [0.25, 0.3) is 10.2 Å². The summed E-state index contributed by atoms with van der Waals surface area (Å²) in [5.41, 5.74) is 0.442. The van der Waals surface area contributed by atoms with Crippen molar-refractivity contribution < 1.29 is 4.79 Å². The highest BCUT2D eigenvalue weighted by Crippen LogP contribution is 2.19. The number of rotatable bonds is 4. The molecular formula is C14H10ClN3O2S2. The predicted molar refractivity (Wildman–Crippen MR) is 91.0 cm³/mol. The molecule has 3 rings (SSSR count). The van der Waals surface area contributed by atoms with E-state index in [9.17, 15) is 9.59 Å². The minimum atomic E-state index is -0.193. The van der Waals surface area contributed by atoms with Gasteiger partial charge in [-0.2, -0.15) is 0 Å². The van der Waals surface area contributed by atoms with E-state index in [1.807, 2.05) is 5.38 Å². The summed E-state index contributed by atoms with van der Waals surface area (Å²) in [7, 11) is 0. The molecule has 0 aliphatic carbocycles. The molecule has 0 aliphatic heterocycles. The van der Waals surface area contributed by atoms with E-state index in [0.29, 0.717) is 26.1 Å². The standard InChI is InChI=1S/C14H10ClN3O2S2/c15-8-2-1-3-9(6-8)16-11(19)7-22-14-17-12(20)10-4-5-21-13(10)18-14/h1-6H,7H2,(H,16,19)(H,17,18,20). The van der Waals surface area contributed by atoms with Crippen molar-refractivity contribution in [2.45, 2.75) is 5.16 Å². The van der Waals surface area contributed by atoms with Gasteiger partial charge in [-0.25, -0.2) is 4.98 Å². The summed E-state index contributed by atoms with van der Waals surface area (Å²) in [5.74, 6) is -0.0482. The van der Waals surface area contributed by atoms with Gasteiger partial charge in [0.2, 0.25) is 5.91 Å². The molecule has 0 unspecified atom stereocenters. The summed E-state index contributed by atoms with van der Waals surface area (Å²) >= 11 is 8.43. The monoisotopic (exact) mass is 351 g/mol. The maximum Gasteiger partial charge on any atom is 0.260 e. The van der Waals surface area contributed by atoms with Gasteiger partial charge in [0.25, 0.3) is 5.56 Å². The number of benzene rings is 1. The highest BCUT2D eigenvalue weighted by atomic mass is 35.5. The van der Waals surface area contributed by atoms with Crippen LogP contribution in [0, 0.1) is 0 Å². The third-order valence-electron chi connectivity index (χ3n) is 2.76. The topological polar surface area (TPSA) is 74.8 Å². The Kier molecular flexibility index (Phi) is 4.47. The lowest BCUT2D eigenvalue weighted by Gasteiger charge is -2.05. The van der Waals surface area contributed by atoms with Gasteiger partial charge in [0.05, 0.1) is 11.1 Å². The maximum atomic E-state index is 11.9. The zero-order valence-corrected chi connectivity index (χ0v) is 13.5. The third-order valence-corrected chi connectivity index (χ3v) is 4.68. The molecule has 22 heavy (non-hydrogen) atoms. The number of aromatic nitrogens is 2. The largest absolute Gasteiger partial charge is 0.325 e. The number of hydrogen-bond donors (Lipinski definition) is 2. The average molecular weight is 352 g/mol. The molecule has 1 amide bonds. The first-order valence-corrected chi connectivity index (χ1v) is 8.52. The molecule has 2 N–H and O–H groups in total. The number of H-pyrrole nitrogens is 1. The van der Waals surface area contributed by atoms with Crippen LogP contribution in [0.5, 0.6) is 0 Å².